The SMILES string of the molecule is O=C(O)c1ccc(C2(NC(=O)c3ccc(-c4ccc(F)cc4)c4ccn(Cc5ccc(C(F)(F)F)cc5)c34)CC2)cc1. The van der Waals surface area contributed by atoms with Gasteiger partial charge in [0.25, 0.3) is 5.91 Å². The minimum absolute atomic E-state index is 0.153. The summed E-state index contributed by atoms with van der Waals surface area (Å²) in [6.45, 7) is 0.219. The molecule has 4 aromatic carbocycles. The average Bonchev–Trinajstić information content (AvgIpc) is 3.64. The summed E-state index contributed by atoms with van der Waals surface area (Å²) in [4.78, 5) is 25.1. The highest BCUT2D eigenvalue weighted by Crippen LogP contribution is 2.46. The van der Waals surface area contributed by atoms with Gasteiger partial charge in [-0.15, -0.1) is 0 Å². The number of hydrogen-bond donors (Lipinski definition) is 2. The Labute approximate surface area is 238 Å². The number of hydrogen-bond acceptors (Lipinski definition) is 2. The van der Waals surface area contributed by atoms with E-state index in [0.717, 1.165) is 34.2 Å². The molecule has 1 aliphatic rings. The molecule has 2 N–H and O–H groups in total. The Morgan fingerprint density at radius 1 is 0.857 bits per heavy atom. The molecule has 1 amide bonds. The van der Waals surface area contributed by atoms with E-state index in [-0.39, 0.29) is 23.8 Å². The Hall–Kier alpha value is -4.92. The van der Waals surface area contributed by atoms with Crippen LogP contribution in [0, 0.1) is 5.82 Å². The number of nitrogens with one attached hydrogen (secondary N) is 1. The molecule has 0 saturated heterocycles. The van der Waals surface area contributed by atoms with Crippen molar-refractivity contribution in [2.24, 2.45) is 0 Å². The second kappa shape index (κ2) is 10.2. The van der Waals surface area contributed by atoms with Gasteiger partial charge < -0.3 is 15.0 Å². The van der Waals surface area contributed by atoms with E-state index in [0.29, 0.717) is 29.5 Å². The Bertz CT molecular complexity index is 1800. The molecule has 1 fully saturated rings. The van der Waals surface area contributed by atoms with Crippen LogP contribution in [0.5, 0.6) is 0 Å². The highest BCUT2D eigenvalue weighted by atomic mass is 19.4. The number of aromatic carboxylic acids is 1. The van der Waals surface area contributed by atoms with Gasteiger partial charge in [-0.1, -0.05) is 42.5 Å². The zero-order valence-electron chi connectivity index (χ0n) is 22.1. The number of carboxylic acid groups (broad SMARTS) is 1. The van der Waals surface area contributed by atoms with Gasteiger partial charge in [-0.05, 0) is 83.6 Å². The Morgan fingerprint density at radius 3 is 2.12 bits per heavy atom. The lowest BCUT2D eigenvalue weighted by Crippen LogP contribution is -2.35. The van der Waals surface area contributed by atoms with Gasteiger partial charge in [-0.2, -0.15) is 13.2 Å². The van der Waals surface area contributed by atoms with E-state index in [4.69, 9.17) is 0 Å². The molecule has 5 nitrogen and oxygen atoms in total. The molecule has 0 radical (unpaired) electrons. The van der Waals surface area contributed by atoms with Crippen molar-refractivity contribution in [3.63, 3.8) is 0 Å². The number of carbonyl (C=O) groups excluding carboxylic acids is 1. The number of alkyl halides is 3. The van der Waals surface area contributed by atoms with Crippen molar-refractivity contribution in [3.05, 3.63) is 131 Å². The predicted octanol–water partition coefficient (Wildman–Crippen LogP) is 7.63. The fraction of sp³-hybridized carbons (Fsp3) is 0.152. The van der Waals surface area contributed by atoms with E-state index in [2.05, 4.69) is 5.32 Å². The zero-order chi connectivity index (χ0) is 29.6. The molecule has 0 unspecified atom stereocenters. The monoisotopic (exact) mass is 572 g/mol. The lowest BCUT2D eigenvalue weighted by Gasteiger charge is -2.20. The largest absolute Gasteiger partial charge is 0.478 e. The molecule has 1 aliphatic carbocycles. The minimum atomic E-state index is -4.44. The maximum atomic E-state index is 13.8. The van der Waals surface area contributed by atoms with Crippen molar-refractivity contribution in [3.8, 4) is 11.1 Å². The number of aromatic nitrogens is 1. The van der Waals surface area contributed by atoms with E-state index < -0.39 is 23.2 Å². The van der Waals surface area contributed by atoms with Crippen LogP contribution < -0.4 is 5.32 Å². The number of fused-ring (bicyclic) bond motifs is 1. The maximum Gasteiger partial charge on any atom is 0.416 e. The summed E-state index contributed by atoms with van der Waals surface area (Å²) in [7, 11) is 0. The molecule has 0 spiro atoms. The summed E-state index contributed by atoms with van der Waals surface area (Å²) in [6.07, 6.45) is -1.28. The van der Waals surface area contributed by atoms with Gasteiger partial charge in [0.1, 0.15) is 5.82 Å². The zero-order valence-corrected chi connectivity index (χ0v) is 22.1. The summed E-state index contributed by atoms with van der Waals surface area (Å²) in [5.74, 6) is -1.75. The quantitative estimate of drug-likeness (QED) is 0.197. The second-order valence-corrected chi connectivity index (χ2v) is 10.5. The summed E-state index contributed by atoms with van der Waals surface area (Å²) >= 11 is 0. The number of amides is 1. The summed E-state index contributed by atoms with van der Waals surface area (Å²) in [5.41, 5.74) is 2.70. The summed E-state index contributed by atoms with van der Waals surface area (Å²) < 4.78 is 54.8. The van der Waals surface area contributed by atoms with E-state index >= 15 is 0 Å². The lowest BCUT2D eigenvalue weighted by molar-refractivity contribution is -0.137. The Morgan fingerprint density at radius 2 is 1.52 bits per heavy atom. The van der Waals surface area contributed by atoms with Crippen LogP contribution in [0.15, 0.2) is 97.2 Å². The molecule has 0 atom stereocenters. The number of rotatable bonds is 7. The maximum absolute atomic E-state index is 13.8. The molecule has 42 heavy (non-hydrogen) atoms. The van der Waals surface area contributed by atoms with Gasteiger partial charge in [0.2, 0.25) is 0 Å². The van der Waals surface area contributed by atoms with E-state index in [1.54, 1.807) is 42.6 Å². The molecule has 6 rings (SSSR count). The molecule has 1 saturated carbocycles. The highest BCUT2D eigenvalue weighted by molar-refractivity contribution is 6.10. The standard InChI is InChI=1S/C33H24F4N2O3/c34-25-11-5-21(6-12-25)26-13-14-28(30(40)38-32(16-17-32)23-9-3-22(4-10-23)31(41)42)29-27(26)15-18-39(29)19-20-1-7-24(8-2-20)33(35,36)37/h1-15,18H,16-17,19H2,(H,38,40)(H,41,42). The highest BCUT2D eigenvalue weighted by Gasteiger charge is 2.46. The van der Waals surface area contributed by atoms with E-state index in [1.165, 1.54) is 36.4 Å². The second-order valence-electron chi connectivity index (χ2n) is 10.5. The van der Waals surface area contributed by atoms with E-state index in [1.807, 2.05) is 10.6 Å². The van der Waals surface area contributed by atoms with Crippen molar-refractivity contribution < 1.29 is 32.3 Å². The van der Waals surface area contributed by atoms with Crippen LogP contribution in [-0.2, 0) is 18.3 Å². The summed E-state index contributed by atoms with van der Waals surface area (Å²) in [6, 6.07) is 22.7. The third-order valence-corrected chi connectivity index (χ3v) is 7.75. The first-order valence-corrected chi connectivity index (χ1v) is 13.2. The third-order valence-electron chi connectivity index (χ3n) is 7.75. The minimum Gasteiger partial charge on any atom is -0.478 e. The molecule has 1 heterocycles. The lowest BCUT2D eigenvalue weighted by atomic mass is 9.97. The van der Waals surface area contributed by atoms with Crippen molar-refractivity contribution in [1.29, 1.82) is 0 Å². The van der Waals surface area contributed by atoms with Gasteiger partial charge in [0, 0.05) is 18.1 Å². The smallest absolute Gasteiger partial charge is 0.416 e. The Balaban J connectivity index is 1.39. The topological polar surface area (TPSA) is 71.3 Å². The number of benzene rings is 4. The van der Waals surface area contributed by atoms with Crippen molar-refractivity contribution >= 4 is 22.8 Å². The van der Waals surface area contributed by atoms with Crippen molar-refractivity contribution in [2.75, 3.05) is 0 Å². The molecule has 0 aliphatic heterocycles. The van der Waals surface area contributed by atoms with Crippen LogP contribution in [0.2, 0.25) is 0 Å². The number of halogens is 4. The van der Waals surface area contributed by atoms with Crippen LogP contribution in [0.25, 0.3) is 22.0 Å². The van der Waals surface area contributed by atoms with Crippen LogP contribution in [0.1, 0.15) is 50.2 Å². The molecule has 212 valence electrons. The molecular weight excluding hydrogens is 548 g/mol. The fourth-order valence-corrected chi connectivity index (χ4v) is 5.34. The first kappa shape index (κ1) is 27.3. The van der Waals surface area contributed by atoms with Crippen LogP contribution in [0.3, 0.4) is 0 Å². The normalized spacial score (nSPS) is 14.1. The molecule has 5 aromatic rings. The number of nitrogens with zero attached hydrogens (tertiary/aromatic N) is 1. The van der Waals surface area contributed by atoms with Gasteiger partial charge in [0.15, 0.2) is 0 Å². The first-order chi connectivity index (χ1) is 20.0. The molecule has 0 bridgehead atoms. The predicted molar refractivity (Wildman–Crippen MR) is 150 cm³/mol. The van der Waals surface area contributed by atoms with Crippen molar-refractivity contribution in [2.45, 2.75) is 31.1 Å². The average molecular weight is 573 g/mol. The first-order valence-electron chi connectivity index (χ1n) is 13.2. The fourth-order valence-electron chi connectivity index (χ4n) is 5.34. The van der Waals surface area contributed by atoms with Crippen LogP contribution >= 0.6 is 0 Å². The summed E-state index contributed by atoms with van der Waals surface area (Å²) in [5, 5.41) is 13.1. The molecule has 9 heteroatoms. The van der Waals surface area contributed by atoms with Crippen molar-refractivity contribution in [1.82, 2.24) is 9.88 Å². The van der Waals surface area contributed by atoms with Gasteiger partial charge in [0.05, 0.1) is 27.7 Å². The third kappa shape index (κ3) is 5.13. The van der Waals surface area contributed by atoms with E-state index in [9.17, 15) is 32.3 Å². The molecular formula is C33H24F4N2O3. The number of carboxylic acids is 1. The van der Waals surface area contributed by atoms with Gasteiger partial charge in [-0.3, -0.25) is 4.79 Å². The Kier molecular flexibility index (Phi) is 6.60. The van der Waals surface area contributed by atoms with Gasteiger partial charge >= 0.3 is 12.1 Å². The number of carbonyl (C=O) groups is 2. The molecule has 1 aromatic heterocycles. The van der Waals surface area contributed by atoms with Gasteiger partial charge in [-0.25, -0.2) is 9.18 Å². The van der Waals surface area contributed by atoms with Crippen LogP contribution in [0.4, 0.5) is 17.6 Å². The van der Waals surface area contributed by atoms with Crippen LogP contribution in [-0.4, -0.2) is 21.6 Å².